The van der Waals surface area contributed by atoms with Crippen LogP contribution in [0.1, 0.15) is 33.6 Å². The zero-order valence-electron chi connectivity index (χ0n) is 13.0. The molecule has 0 saturated carbocycles. The molecular weight excluding hydrogens is 290 g/mol. The molecule has 0 aliphatic carbocycles. The molecule has 6 nitrogen and oxygen atoms in total. The topological polar surface area (TPSA) is 63.2 Å². The van der Waals surface area contributed by atoms with E-state index in [-0.39, 0.29) is 5.28 Å². The quantitative estimate of drug-likeness (QED) is 0.871. The summed E-state index contributed by atoms with van der Waals surface area (Å²) in [5.41, 5.74) is 0. The molecule has 1 atom stereocenters. The number of nitrogens with one attached hydrogen (secondary N) is 1. The maximum absolute atomic E-state index is 6.02. The van der Waals surface area contributed by atoms with Crippen LogP contribution in [0.2, 0.25) is 5.28 Å². The highest BCUT2D eigenvalue weighted by Crippen LogP contribution is 2.16. The smallest absolute Gasteiger partial charge is 0.231 e. The van der Waals surface area contributed by atoms with Gasteiger partial charge in [-0.05, 0) is 37.3 Å². The second kappa shape index (κ2) is 7.75. The van der Waals surface area contributed by atoms with Crippen LogP contribution in [-0.2, 0) is 4.74 Å². The van der Waals surface area contributed by atoms with E-state index in [1.165, 1.54) is 6.42 Å². The fourth-order valence-electron chi connectivity index (χ4n) is 2.18. The lowest BCUT2D eigenvalue weighted by Gasteiger charge is -2.27. The van der Waals surface area contributed by atoms with E-state index in [0.717, 1.165) is 19.5 Å². The number of halogens is 1. The molecule has 1 aliphatic heterocycles. The van der Waals surface area contributed by atoms with Crippen LogP contribution in [0.25, 0.3) is 0 Å². The Balaban J connectivity index is 2.00. The van der Waals surface area contributed by atoms with Crippen LogP contribution in [-0.4, -0.2) is 47.3 Å². The van der Waals surface area contributed by atoms with Gasteiger partial charge in [-0.2, -0.15) is 15.0 Å². The largest absolute Gasteiger partial charge is 0.378 e. The van der Waals surface area contributed by atoms with Crippen molar-refractivity contribution in [3.63, 3.8) is 0 Å². The molecule has 1 unspecified atom stereocenters. The van der Waals surface area contributed by atoms with E-state index < -0.39 is 0 Å². The summed E-state index contributed by atoms with van der Waals surface area (Å²) < 4.78 is 5.34. The zero-order valence-corrected chi connectivity index (χ0v) is 13.7. The van der Waals surface area contributed by atoms with E-state index in [1.807, 2.05) is 0 Å². The molecule has 1 saturated heterocycles. The summed E-state index contributed by atoms with van der Waals surface area (Å²) >= 11 is 6.02. The molecule has 21 heavy (non-hydrogen) atoms. The summed E-state index contributed by atoms with van der Waals surface area (Å²) in [6.45, 7) is 9.53. The Morgan fingerprint density at radius 3 is 2.52 bits per heavy atom. The molecule has 1 aromatic heterocycles. The molecule has 1 N–H and O–H groups in total. The zero-order chi connectivity index (χ0) is 15.2. The summed E-state index contributed by atoms with van der Waals surface area (Å²) in [4.78, 5) is 14.9. The van der Waals surface area contributed by atoms with Crippen molar-refractivity contribution in [1.29, 1.82) is 0 Å². The Morgan fingerprint density at radius 2 is 1.86 bits per heavy atom. The molecule has 0 bridgehead atoms. The third kappa shape index (κ3) is 5.28. The average molecular weight is 314 g/mol. The average Bonchev–Trinajstić information content (AvgIpc) is 2.45. The van der Waals surface area contributed by atoms with Gasteiger partial charge in [0.15, 0.2) is 0 Å². The van der Waals surface area contributed by atoms with Gasteiger partial charge in [0.1, 0.15) is 0 Å². The first kappa shape index (κ1) is 16.2. The number of aromatic nitrogens is 3. The summed E-state index contributed by atoms with van der Waals surface area (Å²) in [5, 5.41) is 3.54. The second-order valence-corrected chi connectivity index (χ2v) is 6.18. The van der Waals surface area contributed by atoms with Crippen molar-refractivity contribution >= 4 is 23.5 Å². The molecule has 118 valence electrons. The van der Waals surface area contributed by atoms with Crippen LogP contribution < -0.4 is 10.2 Å². The van der Waals surface area contributed by atoms with Gasteiger partial charge in [0.2, 0.25) is 17.2 Å². The summed E-state index contributed by atoms with van der Waals surface area (Å²) in [6, 6.07) is 0.309. The van der Waals surface area contributed by atoms with E-state index in [4.69, 9.17) is 16.3 Å². The Bertz CT molecular complexity index is 451. The summed E-state index contributed by atoms with van der Waals surface area (Å²) in [7, 11) is 0. The predicted molar refractivity (Wildman–Crippen MR) is 85.0 cm³/mol. The van der Waals surface area contributed by atoms with Gasteiger partial charge in [-0.15, -0.1) is 0 Å². The lowest BCUT2D eigenvalue weighted by molar-refractivity contribution is 0.122. The van der Waals surface area contributed by atoms with Gasteiger partial charge in [-0.1, -0.05) is 13.8 Å². The van der Waals surface area contributed by atoms with Gasteiger partial charge in [-0.3, -0.25) is 0 Å². The van der Waals surface area contributed by atoms with E-state index in [9.17, 15) is 0 Å². The van der Waals surface area contributed by atoms with Crippen LogP contribution in [0.4, 0.5) is 11.9 Å². The molecule has 0 radical (unpaired) electrons. The maximum atomic E-state index is 6.02. The fraction of sp³-hybridized carbons (Fsp3) is 0.786. The van der Waals surface area contributed by atoms with Gasteiger partial charge in [0.05, 0.1) is 13.2 Å². The Kier molecular flexibility index (Phi) is 5.99. The summed E-state index contributed by atoms with van der Waals surface area (Å²) in [6.07, 6.45) is 2.25. The van der Waals surface area contributed by atoms with Crippen LogP contribution >= 0.6 is 11.6 Å². The molecule has 7 heteroatoms. The number of ether oxygens (including phenoxy) is 1. The predicted octanol–water partition coefficient (Wildman–Crippen LogP) is 2.60. The van der Waals surface area contributed by atoms with Gasteiger partial charge in [0, 0.05) is 19.1 Å². The van der Waals surface area contributed by atoms with Gasteiger partial charge in [0.25, 0.3) is 0 Å². The second-order valence-electron chi connectivity index (χ2n) is 5.84. The van der Waals surface area contributed by atoms with Crippen molar-refractivity contribution in [2.45, 2.75) is 39.7 Å². The van der Waals surface area contributed by atoms with Crippen molar-refractivity contribution in [2.75, 3.05) is 36.5 Å². The maximum Gasteiger partial charge on any atom is 0.231 e. The molecule has 1 aromatic rings. The third-order valence-corrected chi connectivity index (χ3v) is 3.61. The molecule has 2 heterocycles. The highest BCUT2D eigenvalue weighted by Gasteiger charge is 2.16. The fourth-order valence-corrected chi connectivity index (χ4v) is 2.34. The van der Waals surface area contributed by atoms with Gasteiger partial charge < -0.3 is 15.0 Å². The minimum absolute atomic E-state index is 0.227. The molecular formula is C14H24ClN5O. The molecule has 1 fully saturated rings. The number of hydrogen-bond acceptors (Lipinski definition) is 6. The molecule has 1 aliphatic rings. The Hall–Kier alpha value is -1.14. The number of nitrogens with zero attached hydrogens (tertiary/aromatic N) is 4. The highest BCUT2D eigenvalue weighted by atomic mass is 35.5. The lowest BCUT2D eigenvalue weighted by atomic mass is 10.0. The number of anilines is 2. The third-order valence-electron chi connectivity index (χ3n) is 3.44. The van der Waals surface area contributed by atoms with Crippen LogP contribution in [0.5, 0.6) is 0 Å². The number of morpholine rings is 1. The lowest BCUT2D eigenvalue weighted by Crippen LogP contribution is -2.37. The van der Waals surface area contributed by atoms with Crippen molar-refractivity contribution in [1.82, 2.24) is 15.0 Å². The Labute approximate surface area is 131 Å². The SMILES string of the molecule is CC(C)CCC(C)Nc1nc(Cl)nc(N2CCOCC2)n1. The van der Waals surface area contributed by atoms with Gasteiger partial charge in [-0.25, -0.2) is 0 Å². The Morgan fingerprint density at radius 1 is 1.14 bits per heavy atom. The molecule has 0 aromatic carbocycles. The normalized spacial score (nSPS) is 17.1. The summed E-state index contributed by atoms with van der Waals surface area (Å²) in [5.74, 6) is 1.87. The van der Waals surface area contributed by atoms with Crippen molar-refractivity contribution in [3.8, 4) is 0 Å². The van der Waals surface area contributed by atoms with Crippen LogP contribution in [0.15, 0.2) is 0 Å². The van der Waals surface area contributed by atoms with Crippen molar-refractivity contribution in [3.05, 3.63) is 5.28 Å². The van der Waals surface area contributed by atoms with Crippen LogP contribution in [0.3, 0.4) is 0 Å². The van der Waals surface area contributed by atoms with Crippen molar-refractivity contribution in [2.24, 2.45) is 5.92 Å². The number of hydrogen-bond donors (Lipinski definition) is 1. The first-order valence-electron chi connectivity index (χ1n) is 7.55. The van der Waals surface area contributed by atoms with E-state index in [0.29, 0.717) is 37.1 Å². The first-order chi connectivity index (χ1) is 10.0. The highest BCUT2D eigenvalue weighted by molar-refractivity contribution is 6.28. The minimum Gasteiger partial charge on any atom is -0.378 e. The minimum atomic E-state index is 0.227. The standard InChI is InChI=1S/C14H24ClN5O/c1-10(2)4-5-11(3)16-13-17-12(15)18-14(19-13)20-6-8-21-9-7-20/h10-11H,4-9H2,1-3H3,(H,16,17,18,19). The molecule has 2 rings (SSSR count). The number of rotatable bonds is 6. The monoisotopic (exact) mass is 313 g/mol. The van der Waals surface area contributed by atoms with Crippen LogP contribution in [0, 0.1) is 5.92 Å². The van der Waals surface area contributed by atoms with E-state index >= 15 is 0 Å². The van der Waals surface area contributed by atoms with Crippen molar-refractivity contribution < 1.29 is 4.74 Å². The molecule has 0 spiro atoms. The molecule has 0 amide bonds. The van der Waals surface area contributed by atoms with E-state index in [1.54, 1.807) is 0 Å². The van der Waals surface area contributed by atoms with E-state index in [2.05, 4.69) is 45.9 Å². The first-order valence-corrected chi connectivity index (χ1v) is 7.93. The van der Waals surface area contributed by atoms with Gasteiger partial charge >= 0.3 is 0 Å².